The number of hydrogen-bond acceptors (Lipinski definition) is 5. The predicted molar refractivity (Wildman–Crippen MR) is 80.7 cm³/mol. The van der Waals surface area contributed by atoms with Crippen LogP contribution in [-0.2, 0) is 4.74 Å². The van der Waals surface area contributed by atoms with Gasteiger partial charge in [-0.2, -0.15) is 0 Å². The molecule has 7 nitrogen and oxygen atoms in total. The SMILES string of the molecule is CCNc1cccc(C(=O)NCCOC(C)C)c1[N+](=O)[O-]. The third-order valence-corrected chi connectivity index (χ3v) is 2.67. The van der Waals surface area contributed by atoms with Gasteiger partial charge in [0.2, 0.25) is 0 Å². The van der Waals surface area contributed by atoms with Gasteiger partial charge in [-0.05, 0) is 32.9 Å². The topological polar surface area (TPSA) is 93.5 Å². The summed E-state index contributed by atoms with van der Waals surface area (Å²) in [5.74, 6) is -0.478. The van der Waals surface area contributed by atoms with E-state index in [1.807, 2.05) is 20.8 Å². The van der Waals surface area contributed by atoms with Gasteiger partial charge in [0.1, 0.15) is 11.3 Å². The third-order valence-electron chi connectivity index (χ3n) is 2.67. The van der Waals surface area contributed by atoms with Gasteiger partial charge in [0.25, 0.3) is 5.91 Å². The van der Waals surface area contributed by atoms with Crippen molar-refractivity contribution < 1.29 is 14.5 Å². The lowest BCUT2D eigenvalue weighted by molar-refractivity contribution is -0.384. The number of nitrogens with one attached hydrogen (secondary N) is 2. The number of ether oxygens (including phenoxy) is 1. The maximum absolute atomic E-state index is 12.1. The van der Waals surface area contributed by atoms with Gasteiger partial charge >= 0.3 is 5.69 Å². The minimum Gasteiger partial charge on any atom is -0.380 e. The number of carbonyl (C=O) groups is 1. The molecule has 0 aliphatic carbocycles. The maximum Gasteiger partial charge on any atom is 0.305 e. The van der Waals surface area contributed by atoms with Crippen LogP contribution in [0.5, 0.6) is 0 Å². The van der Waals surface area contributed by atoms with Crippen LogP contribution in [0.3, 0.4) is 0 Å². The Morgan fingerprint density at radius 2 is 2.14 bits per heavy atom. The van der Waals surface area contributed by atoms with Gasteiger partial charge in [-0.3, -0.25) is 14.9 Å². The van der Waals surface area contributed by atoms with Crippen LogP contribution < -0.4 is 10.6 Å². The molecule has 0 aliphatic rings. The fourth-order valence-electron chi connectivity index (χ4n) is 1.81. The number of hydrogen-bond donors (Lipinski definition) is 2. The number of carbonyl (C=O) groups excluding carboxylic acids is 1. The minimum atomic E-state index is -0.544. The largest absolute Gasteiger partial charge is 0.380 e. The zero-order valence-electron chi connectivity index (χ0n) is 12.5. The van der Waals surface area contributed by atoms with Crippen molar-refractivity contribution in [3.63, 3.8) is 0 Å². The highest BCUT2D eigenvalue weighted by Gasteiger charge is 2.23. The first-order valence-electron chi connectivity index (χ1n) is 6.88. The number of rotatable bonds is 8. The second-order valence-electron chi connectivity index (χ2n) is 4.66. The number of nitro benzene ring substituents is 1. The van der Waals surface area contributed by atoms with E-state index >= 15 is 0 Å². The van der Waals surface area contributed by atoms with Crippen molar-refractivity contribution in [1.82, 2.24) is 5.32 Å². The zero-order chi connectivity index (χ0) is 15.8. The lowest BCUT2D eigenvalue weighted by Gasteiger charge is -2.10. The van der Waals surface area contributed by atoms with Crippen LogP contribution in [0.15, 0.2) is 18.2 Å². The van der Waals surface area contributed by atoms with Crippen molar-refractivity contribution >= 4 is 17.3 Å². The van der Waals surface area contributed by atoms with Gasteiger partial charge in [-0.1, -0.05) is 6.07 Å². The predicted octanol–water partition coefficient (Wildman–Crippen LogP) is 2.18. The number of amides is 1. The van der Waals surface area contributed by atoms with Crippen molar-refractivity contribution in [2.45, 2.75) is 26.9 Å². The molecule has 1 rings (SSSR count). The Morgan fingerprint density at radius 3 is 2.71 bits per heavy atom. The van der Waals surface area contributed by atoms with E-state index < -0.39 is 10.8 Å². The second-order valence-corrected chi connectivity index (χ2v) is 4.66. The van der Waals surface area contributed by atoms with Crippen LogP contribution in [0.4, 0.5) is 11.4 Å². The summed E-state index contributed by atoms with van der Waals surface area (Å²) in [5, 5.41) is 16.7. The molecule has 1 aromatic carbocycles. The highest BCUT2D eigenvalue weighted by molar-refractivity contribution is 6.00. The number of benzene rings is 1. The molecule has 0 unspecified atom stereocenters. The molecule has 0 aromatic heterocycles. The van der Waals surface area contributed by atoms with Crippen LogP contribution in [0.1, 0.15) is 31.1 Å². The van der Waals surface area contributed by atoms with Crippen molar-refractivity contribution in [3.05, 3.63) is 33.9 Å². The fourth-order valence-corrected chi connectivity index (χ4v) is 1.81. The Kier molecular flexibility index (Phi) is 6.61. The second kappa shape index (κ2) is 8.21. The van der Waals surface area contributed by atoms with E-state index in [4.69, 9.17) is 4.74 Å². The fraction of sp³-hybridized carbons (Fsp3) is 0.500. The molecule has 0 bridgehead atoms. The van der Waals surface area contributed by atoms with E-state index in [0.29, 0.717) is 25.4 Å². The van der Waals surface area contributed by atoms with Gasteiger partial charge in [0.15, 0.2) is 0 Å². The Hall–Kier alpha value is -2.15. The normalized spacial score (nSPS) is 10.5. The number of nitro groups is 1. The van der Waals surface area contributed by atoms with Crippen LogP contribution in [0.2, 0.25) is 0 Å². The molecule has 116 valence electrons. The van der Waals surface area contributed by atoms with E-state index in [1.54, 1.807) is 12.1 Å². The van der Waals surface area contributed by atoms with Crippen molar-refractivity contribution in [3.8, 4) is 0 Å². The molecule has 0 spiro atoms. The highest BCUT2D eigenvalue weighted by atomic mass is 16.6. The summed E-state index contributed by atoms with van der Waals surface area (Å²) in [4.78, 5) is 22.7. The van der Waals surface area contributed by atoms with Crippen LogP contribution in [0.25, 0.3) is 0 Å². The van der Waals surface area contributed by atoms with E-state index in [0.717, 1.165) is 0 Å². The summed E-state index contributed by atoms with van der Waals surface area (Å²) in [6.45, 7) is 6.83. The lowest BCUT2D eigenvalue weighted by Crippen LogP contribution is -2.28. The van der Waals surface area contributed by atoms with E-state index in [9.17, 15) is 14.9 Å². The molecule has 0 radical (unpaired) electrons. The molecule has 0 fully saturated rings. The summed E-state index contributed by atoms with van der Waals surface area (Å²) in [7, 11) is 0. The Labute approximate surface area is 123 Å². The summed E-state index contributed by atoms with van der Waals surface area (Å²) in [5.41, 5.74) is 0.179. The Morgan fingerprint density at radius 1 is 1.43 bits per heavy atom. The molecule has 7 heteroatoms. The van der Waals surface area contributed by atoms with Gasteiger partial charge in [-0.25, -0.2) is 0 Å². The zero-order valence-corrected chi connectivity index (χ0v) is 12.5. The quantitative estimate of drug-likeness (QED) is 0.435. The molecule has 0 atom stereocenters. The monoisotopic (exact) mass is 295 g/mol. The molecule has 21 heavy (non-hydrogen) atoms. The van der Waals surface area contributed by atoms with Crippen LogP contribution >= 0.6 is 0 Å². The van der Waals surface area contributed by atoms with Crippen molar-refractivity contribution in [2.24, 2.45) is 0 Å². The van der Waals surface area contributed by atoms with E-state index in [1.165, 1.54) is 6.07 Å². The number of anilines is 1. The summed E-state index contributed by atoms with van der Waals surface area (Å²) in [6, 6.07) is 4.64. The van der Waals surface area contributed by atoms with Gasteiger partial charge in [-0.15, -0.1) is 0 Å². The van der Waals surface area contributed by atoms with Crippen LogP contribution in [-0.4, -0.2) is 36.6 Å². The highest BCUT2D eigenvalue weighted by Crippen LogP contribution is 2.28. The molecular formula is C14H21N3O4. The summed E-state index contributed by atoms with van der Waals surface area (Å²) in [6.07, 6.45) is 0.0771. The number of nitrogens with zero attached hydrogens (tertiary/aromatic N) is 1. The first-order valence-corrected chi connectivity index (χ1v) is 6.88. The molecular weight excluding hydrogens is 274 g/mol. The Bertz CT molecular complexity index is 503. The van der Waals surface area contributed by atoms with Gasteiger partial charge in [0, 0.05) is 13.1 Å². The smallest absolute Gasteiger partial charge is 0.305 e. The average Bonchev–Trinajstić information content (AvgIpc) is 2.43. The minimum absolute atomic E-state index is 0.0444. The molecule has 1 aromatic rings. The summed E-state index contributed by atoms with van der Waals surface area (Å²) < 4.78 is 5.31. The van der Waals surface area contributed by atoms with Crippen LogP contribution in [0, 0.1) is 10.1 Å². The van der Waals surface area contributed by atoms with Gasteiger partial charge < -0.3 is 15.4 Å². The van der Waals surface area contributed by atoms with E-state index in [-0.39, 0.29) is 17.4 Å². The van der Waals surface area contributed by atoms with E-state index in [2.05, 4.69) is 10.6 Å². The van der Waals surface area contributed by atoms with Gasteiger partial charge in [0.05, 0.1) is 17.6 Å². The molecule has 1 amide bonds. The number of para-hydroxylation sites is 1. The molecule has 0 aliphatic heterocycles. The van der Waals surface area contributed by atoms with Crippen molar-refractivity contribution in [1.29, 1.82) is 0 Å². The first kappa shape index (κ1) is 16.9. The first-order chi connectivity index (χ1) is 9.97. The Balaban J connectivity index is 2.83. The lowest BCUT2D eigenvalue weighted by atomic mass is 10.1. The molecule has 2 N–H and O–H groups in total. The standard InChI is InChI=1S/C14H21N3O4/c1-4-15-12-7-5-6-11(13(12)17(19)20)14(18)16-8-9-21-10(2)3/h5-7,10,15H,4,8-9H2,1-3H3,(H,16,18). The van der Waals surface area contributed by atoms with Crippen molar-refractivity contribution in [2.75, 3.05) is 25.0 Å². The molecule has 0 saturated heterocycles. The molecule has 0 saturated carbocycles. The summed E-state index contributed by atoms with van der Waals surface area (Å²) >= 11 is 0. The average molecular weight is 295 g/mol. The molecule has 0 heterocycles. The third kappa shape index (κ3) is 5.03. The maximum atomic E-state index is 12.1.